The summed E-state index contributed by atoms with van der Waals surface area (Å²) in [6.45, 7) is 7.43. The van der Waals surface area contributed by atoms with Gasteiger partial charge in [-0.05, 0) is 42.8 Å². The molecular weight excluding hydrogens is 408 g/mol. The Bertz CT molecular complexity index is 1110. The van der Waals surface area contributed by atoms with Gasteiger partial charge in [0, 0.05) is 30.6 Å². The molecule has 2 aromatic heterocycles. The number of amidine groups is 1. The molecule has 1 aliphatic rings. The van der Waals surface area contributed by atoms with Crippen LogP contribution in [0.25, 0.3) is 11.1 Å². The first-order chi connectivity index (χ1) is 15.4. The molecule has 0 spiro atoms. The molecule has 1 aliphatic heterocycles. The first-order valence-electron chi connectivity index (χ1n) is 10.1. The molecule has 3 aromatic rings. The standard InChI is InChI=1S/C22H26N8O2/c1-14-10-16(17-4-6-19(25-11-17)22(23)27-29(3)24)5-7-20(14)30-13-18(32-15(30)2)12-26-21-8-9-31-28-21/h4-11,18H,2,12-13,24H2,1,3H3,(H2,23,27)(H,26,28). The number of ether oxygens (including phenoxy) is 1. The third kappa shape index (κ3) is 4.65. The maximum Gasteiger partial charge on any atom is 0.186 e. The fourth-order valence-electron chi connectivity index (χ4n) is 3.53. The van der Waals surface area contributed by atoms with E-state index in [0.717, 1.165) is 27.5 Å². The molecule has 32 heavy (non-hydrogen) atoms. The van der Waals surface area contributed by atoms with Crippen molar-refractivity contribution in [2.75, 3.05) is 30.4 Å². The minimum atomic E-state index is -0.0466. The van der Waals surface area contributed by atoms with E-state index in [1.165, 1.54) is 6.26 Å². The highest BCUT2D eigenvalue weighted by molar-refractivity contribution is 5.95. The molecule has 0 saturated carbocycles. The molecule has 0 radical (unpaired) electrons. The van der Waals surface area contributed by atoms with Crippen LogP contribution in [0.3, 0.4) is 0 Å². The zero-order valence-electron chi connectivity index (χ0n) is 18.0. The van der Waals surface area contributed by atoms with Crippen molar-refractivity contribution >= 4 is 17.3 Å². The van der Waals surface area contributed by atoms with E-state index in [1.807, 2.05) is 12.1 Å². The van der Waals surface area contributed by atoms with Crippen LogP contribution < -0.4 is 21.8 Å². The third-order valence-electron chi connectivity index (χ3n) is 5.05. The lowest BCUT2D eigenvalue weighted by molar-refractivity contribution is 0.180. The van der Waals surface area contributed by atoms with Crippen molar-refractivity contribution in [3.63, 3.8) is 0 Å². The molecule has 4 rings (SSSR count). The number of nitrogens with two attached hydrogens (primary N) is 2. The van der Waals surface area contributed by atoms with Crippen molar-refractivity contribution in [3.05, 3.63) is 72.6 Å². The number of nitrogens with zero attached hydrogens (tertiary/aromatic N) is 5. The van der Waals surface area contributed by atoms with Crippen LogP contribution >= 0.6 is 0 Å². The van der Waals surface area contributed by atoms with Gasteiger partial charge in [-0.3, -0.25) is 4.98 Å². The largest absolute Gasteiger partial charge is 0.472 e. The van der Waals surface area contributed by atoms with E-state index in [1.54, 1.807) is 19.3 Å². The summed E-state index contributed by atoms with van der Waals surface area (Å²) in [5, 5.41) is 12.2. The maximum atomic E-state index is 5.92. The topological polar surface area (TPSA) is 131 Å². The normalized spacial score (nSPS) is 16.2. The fraction of sp³-hybridized carbons (Fsp3) is 0.227. The van der Waals surface area contributed by atoms with Crippen molar-refractivity contribution < 1.29 is 9.26 Å². The van der Waals surface area contributed by atoms with Crippen LogP contribution in [0.4, 0.5) is 11.5 Å². The van der Waals surface area contributed by atoms with Gasteiger partial charge in [-0.1, -0.05) is 17.3 Å². The number of hydrazone groups is 1. The molecule has 166 valence electrons. The number of nitrogens with one attached hydrogen (secondary N) is 1. The molecule has 1 aromatic carbocycles. The fourth-order valence-corrected chi connectivity index (χ4v) is 3.53. The highest BCUT2D eigenvalue weighted by Gasteiger charge is 2.28. The number of hydrogen-bond acceptors (Lipinski definition) is 9. The zero-order valence-corrected chi connectivity index (χ0v) is 18.0. The monoisotopic (exact) mass is 434 g/mol. The van der Waals surface area contributed by atoms with Gasteiger partial charge in [0.25, 0.3) is 0 Å². The molecule has 1 fully saturated rings. The third-order valence-corrected chi connectivity index (χ3v) is 5.05. The predicted octanol–water partition coefficient (Wildman–Crippen LogP) is 2.26. The van der Waals surface area contributed by atoms with Crippen LogP contribution in [0.2, 0.25) is 0 Å². The number of hydrogen-bond donors (Lipinski definition) is 3. The van der Waals surface area contributed by atoms with Crippen molar-refractivity contribution in [1.29, 1.82) is 0 Å². The molecule has 1 unspecified atom stereocenters. The number of pyridine rings is 1. The van der Waals surface area contributed by atoms with Gasteiger partial charge in [-0.15, -0.1) is 5.10 Å². The number of hydrazine groups is 1. The molecule has 0 amide bonds. The Balaban J connectivity index is 1.45. The van der Waals surface area contributed by atoms with Gasteiger partial charge in [0.05, 0.1) is 13.1 Å². The Kier molecular flexibility index (Phi) is 5.95. The number of benzene rings is 1. The molecule has 5 N–H and O–H groups in total. The average molecular weight is 435 g/mol. The summed E-state index contributed by atoms with van der Waals surface area (Å²) in [6.07, 6.45) is 3.25. The van der Waals surface area contributed by atoms with Crippen molar-refractivity contribution in [1.82, 2.24) is 15.3 Å². The summed E-state index contributed by atoms with van der Waals surface area (Å²) in [7, 11) is 1.60. The van der Waals surface area contributed by atoms with E-state index in [9.17, 15) is 0 Å². The minimum Gasteiger partial charge on any atom is -0.472 e. The first-order valence-corrected chi connectivity index (χ1v) is 10.1. The SMILES string of the molecule is C=C1OC(CNc2ccon2)CN1c1ccc(-c2ccc(/C(N)=N/N(C)N)nc2)cc1C. The first kappa shape index (κ1) is 21.2. The number of aromatic nitrogens is 2. The lowest BCUT2D eigenvalue weighted by Crippen LogP contribution is -2.26. The Hall–Kier alpha value is -4.05. The maximum absolute atomic E-state index is 5.92. The van der Waals surface area contributed by atoms with E-state index in [0.29, 0.717) is 30.5 Å². The van der Waals surface area contributed by atoms with Crippen LogP contribution in [0, 0.1) is 6.92 Å². The summed E-state index contributed by atoms with van der Waals surface area (Å²) < 4.78 is 10.8. The van der Waals surface area contributed by atoms with Crippen LogP contribution in [0.15, 0.2) is 70.9 Å². The van der Waals surface area contributed by atoms with Crippen LogP contribution in [-0.2, 0) is 4.74 Å². The predicted molar refractivity (Wildman–Crippen MR) is 123 cm³/mol. The van der Waals surface area contributed by atoms with Gasteiger partial charge in [0.2, 0.25) is 0 Å². The van der Waals surface area contributed by atoms with Gasteiger partial charge in [-0.2, -0.15) is 0 Å². The molecular formula is C22H26N8O2. The van der Waals surface area contributed by atoms with E-state index in [4.69, 9.17) is 20.8 Å². The quantitative estimate of drug-likeness (QED) is 0.222. The Labute approximate surface area is 186 Å². The second-order valence-electron chi connectivity index (χ2n) is 7.50. The van der Waals surface area contributed by atoms with Gasteiger partial charge in [-0.25, -0.2) is 11.0 Å². The Morgan fingerprint density at radius 1 is 1.31 bits per heavy atom. The van der Waals surface area contributed by atoms with Gasteiger partial charge >= 0.3 is 0 Å². The highest BCUT2D eigenvalue weighted by Crippen LogP contribution is 2.32. The second kappa shape index (κ2) is 8.98. The van der Waals surface area contributed by atoms with Crippen molar-refractivity contribution in [2.24, 2.45) is 16.7 Å². The molecule has 0 bridgehead atoms. The van der Waals surface area contributed by atoms with E-state index in [2.05, 4.69) is 57.2 Å². The highest BCUT2D eigenvalue weighted by atomic mass is 16.5. The molecule has 0 aliphatic carbocycles. The molecule has 10 nitrogen and oxygen atoms in total. The van der Waals surface area contributed by atoms with Gasteiger partial charge in [0.15, 0.2) is 17.5 Å². The molecule has 10 heteroatoms. The lowest BCUT2D eigenvalue weighted by atomic mass is 10.0. The summed E-state index contributed by atoms with van der Waals surface area (Å²) in [4.78, 5) is 6.48. The molecule has 3 heterocycles. The second-order valence-corrected chi connectivity index (χ2v) is 7.50. The zero-order chi connectivity index (χ0) is 22.7. The summed E-state index contributed by atoms with van der Waals surface area (Å²) in [6, 6.07) is 11.8. The van der Waals surface area contributed by atoms with E-state index >= 15 is 0 Å². The van der Waals surface area contributed by atoms with Crippen molar-refractivity contribution in [3.8, 4) is 11.1 Å². The van der Waals surface area contributed by atoms with Crippen LogP contribution in [-0.4, -0.2) is 47.3 Å². The molecule has 1 saturated heterocycles. The smallest absolute Gasteiger partial charge is 0.186 e. The average Bonchev–Trinajstić information content (AvgIpc) is 3.41. The number of anilines is 2. The van der Waals surface area contributed by atoms with Gasteiger partial charge in [0.1, 0.15) is 18.1 Å². The summed E-state index contributed by atoms with van der Waals surface area (Å²) >= 11 is 0. The molecule has 1 atom stereocenters. The Morgan fingerprint density at radius 2 is 2.12 bits per heavy atom. The van der Waals surface area contributed by atoms with E-state index < -0.39 is 0 Å². The number of aryl methyl sites for hydroxylation is 1. The summed E-state index contributed by atoms with van der Waals surface area (Å²) in [5.41, 5.74) is 10.6. The lowest BCUT2D eigenvalue weighted by Gasteiger charge is -2.19. The summed E-state index contributed by atoms with van der Waals surface area (Å²) in [5.74, 6) is 7.06. The van der Waals surface area contributed by atoms with Crippen LogP contribution in [0.5, 0.6) is 0 Å². The minimum absolute atomic E-state index is 0.0466. The van der Waals surface area contributed by atoms with E-state index in [-0.39, 0.29) is 11.9 Å². The van der Waals surface area contributed by atoms with Gasteiger partial charge < -0.3 is 25.2 Å². The number of rotatable bonds is 7. The van der Waals surface area contributed by atoms with Crippen molar-refractivity contribution in [2.45, 2.75) is 13.0 Å². The Morgan fingerprint density at radius 3 is 2.78 bits per heavy atom. The van der Waals surface area contributed by atoms with Crippen LogP contribution in [0.1, 0.15) is 11.3 Å².